The molecule has 162 valence electrons. The zero-order chi connectivity index (χ0) is 22.3. The van der Waals surface area contributed by atoms with E-state index in [2.05, 4.69) is 5.32 Å². The number of aryl methyl sites for hydroxylation is 1. The highest BCUT2D eigenvalue weighted by Crippen LogP contribution is 2.19. The molecule has 0 aliphatic rings. The monoisotopic (exact) mass is 431 g/mol. The lowest BCUT2D eigenvalue weighted by Gasteiger charge is -2.22. The number of hydrogen-bond acceptors (Lipinski definition) is 3. The van der Waals surface area contributed by atoms with E-state index >= 15 is 0 Å². The summed E-state index contributed by atoms with van der Waals surface area (Å²) in [5.41, 5.74) is 3.84. The van der Waals surface area contributed by atoms with E-state index < -0.39 is 0 Å². The van der Waals surface area contributed by atoms with Crippen molar-refractivity contribution in [1.82, 2.24) is 4.90 Å². The maximum atomic E-state index is 12.7. The highest BCUT2D eigenvalue weighted by Gasteiger charge is 2.20. The zero-order valence-electron chi connectivity index (χ0n) is 18.5. The van der Waals surface area contributed by atoms with Crippen LogP contribution < -0.4 is 15.1 Å². The third kappa shape index (κ3) is 7.04. The Morgan fingerprint density at radius 3 is 2.30 bits per heavy atom. The molecule has 2 amide bonds. The van der Waals surface area contributed by atoms with E-state index in [9.17, 15) is 9.59 Å². The van der Waals surface area contributed by atoms with Crippen LogP contribution in [0.1, 0.15) is 18.1 Å². The van der Waals surface area contributed by atoms with Gasteiger partial charge in [-0.05, 0) is 49.2 Å². The number of carbonyl (C=O) groups excluding carboxylic acids is 2. The average Bonchev–Trinajstić information content (AvgIpc) is 2.70. The molecule has 2 aromatic rings. The van der Waals surface area contributed by atoms with Gasteiger partial charge in [-0.15, -0.1) is 0 Å². The Balaban J connectivity index is 1.89. The van der Waals surface area contributed by atoms with Crippen LogP contribution in [0.4, 0.5) is 11.4 Å². The molecule has 0 aromatic heterocycles. The van der Waals surface area contributed by atoms with Crippen LogP contribution in [0.5, 0.6) is 0 Å². The topological polar surface area (TPSA) is 57.1 Å². The Morgan fingerprint density at radius 2 is 1.70 bits per heavy atom. The van der Waals surface area contributed by atoms with Crippen molar-refractivity contribution in [2.75, 3.05) is 51.0 Å². The van der Waals surface area contributed by atoms with Crippen LogP contribution >= 0.6 is 11.6 Å². The molecular weight excluding hydrogens is 400 g/mol. The van der Waals surface area contributed by atoms with Crippen molar-refractivity contribution in [2.45, 2.75) is 20.4 Å². The number of rotatable bonds is 9. The Bertz CT molecular complexity index is 868. The standard InChI is InChI=1S/C23H31ClN4O2/c1-6-28(15-22(29)25-21-13-19(24)10-7-17(21)2)16-23(30)27(5)14-18-8-11-20(12-9-18)26(3)4/h7-13H,6,14-16H2,1-5H3,(H,25,29)/p+1. The SMILES string of the molecule is CC[NH+](CC(=O)Nc1cc(Cl)ccc1C)CC(=O)N(C)Cc1ccc(N(C)C)cc1. The van der Waals surface area contributed by atoms with Crippen LogP contribution in [0.15, 0.2) is 42.5 Å². The van der Waals surface area contributed by atoms with Gasteiger partial charge in [0.1, 0.15) is 0 Å². The van der Waals surface area contributed by atoms with E-state index in [1.54, 1.807) is 24.1 Å². The van der Waals surface area contributed by atoms with Gasteiger partial charge in [0.05, 0.1) is 6.54 Å². The fourth-order valence-corrected chi connectivity index (χ4v) is 3.25. The maximum Gasteiger partial charge on any atom is 0.279 e. The van der Waals surface area contributed by atoms with Crippen molar-refractivity contribution in [3.63, 3.8) is 0 Å². The molecular formula is C23H32ClN4O2+. The lowest BCUT2D eigenvalue weighted by Crippen LogP contribution is -3.13. The summed E-state index contributed by atoms with van der Waals surface area (Å²) in [7, 11) is 5.79. The number of carbonyl (C=O) groups is 2. The molecule has 1 unspecified atom stereocenters. The molecule has 2 aromatic carbocycles. The minimum atomic E-state index is -0.132. The second-order valence-corrected chi connectivity index (χ2v) is 8.21. The first-order valence-electron chi connectivity index (χ1n) is 10.1. The third-order valence-electron chi connectivity index (χ3n) is 5.08. The Labute approximate surface area is 184 Å². The molecule has 0 aliphatic carbocycles. The highest BCUT2D eigenvalue weighted by molar-refractivity contribution is 6.31. The Morgan fingerprint density at radius 1 is 1.03 bits per heavy atom. The fourth-order valence-electron chi connectivity index (χ4n) is 3.07. The van der Waals surface area contributed by atoms with E-state index in [-0.39, 0.29) is 24.9 Å². The van der Waals surface area contributed by atoms with Crippen molar-refractivity contribution < 1.29 is 14.5 Å². The first-order valence-corrected chi connectivity index (χ1v) is 10.5. The van der Waals surface area contributed by atoms with Gasteiger partial charge in [-0.2, -0.15) is 0 Å². The van der Waals surface area contributed by atoms with Crippen LogP contribution in [0, 0.1) is 6.92 Å². The van der Waals surface area contributed by atoms with Gasteiger partial charge < -0.3 is 20.0 Å². The summed E-state index contributed by atoms with van der Waals surface area (Å²) in [6.07, 6.45) is 0. The third-order valence-corrected chi connectivity index (χ3v) is 5.32. The molecule has 0 fully saturated rings. The maximum absolute atomic E-state index is 12.7. The molecule has 7 heteroatoms. The van der Waals surface area contributed by atoms with Crippen LogP contribution in [-0.2, 0) is 16.1 Å². The van der Waals surface area contributed by atoms with Gasteiger partial charge in [-0.1, -0.05) is 29.8 Å². The molecule has 0 bridgehead atoms. The number of amides is 2. The normalized spacial score (nSPS) is 11.7. The molecule has 2 N–H and O–H groups in total. The van der Waals surface area contributed by atoms with Crippen molar-refractivity contribution in [1.29, 1.82) is 0 Å². The van der Waals surface area contributed by atoms with E-state index in [0.717, 1.165) is 21.7 Å². The van der Waals surface area contributed by atoms with E-state index in [1.807, 2.05) is 63.2 Å². The number of anilines is 2. The number of likely N-dealkylation sites (N-methyl/N-ethyl adjacent to an activating group) is 2. The van der Waals surface area contributed by atoms with Crippen LogP contribution in [0.2, 0.25) is 5.02 Å². The number of halogens is 1. The minimum Gasteiger partial charge on any atom is -0.378 e. The number of hydrogen-bond donors (Lipinski definition) is 2. The number of quaternary nitrogens is 1. The van der Waals surface area contributed by atoms with Crippen molar-refractivity contribution >= 4 is 34.8 Å². The average molecular weight is 432 g/mol. The molecule has 6 nitrogen and oxygen atoms in total. The number of benzene rings is 2. The van der Waals surface area contributed by atoms with E-state index in [0.29, 0.717) is 23.8 Å². The summed E-state index contributed by atoms with van der Waals surface area (Å²) in [5, 5.41) is 3.47. The van der Waals surface area contributed by atoms with E-state index in [1.165, 1.54) is 0 Å². The van der Waals surface area contributed by atoms with Gasteiger partial charge in [0.2, 0.25) is 0 Å². The van der Waals surface area contributed by atoms with Gasteiger partial charge in [0.25, 0.3) is 11.8 Å². The molecule has 0 aliphatic heterocycles. The summed E-state index contributed by atoms with van der Waals surface area (Å²) in [6.45, 7) is 5.60. The van der Waals surface area contributed by atoms with Crippen LogP contribution in [-0.4, -0.2) is 57.5 Å². The van der Waals surface area contributed by atoms with Crippen LogP contribution in [0.25, 0.3) is 0 Å². The summed E-state index contributed by atoms with van der Waals surface area (Å²) < 4.78 is 0. The predicted octanol–water partition coefficient (Wildman–Crippen LogP) is 2.22. The summed E-state index contributed by atoms with van der Waals surface area (Å²) in [4.78, 5) is 29.8. The minimum absolute atomic E-state index is 0.00951. The zero-order valence-corrected chi connectivity index (χ0v) is 19.2. The molecule has 0 heterocycles. The van der Waals surface area contributed by atoms with Gasteiger partial charge in [-0.25, -0.2) is 0 Å². The summed E-state index contributed by atoms with van der Waals surface area (Å²) in [5.74, 6) is -0.123. The Kier molecular flexibility index (Phi) is 8.69. The lowest BCUT2D eigenvalue weighted by atomic mass is 10.2. The molecule has 30 heavy (non-hydrogen) atoms. The van der Waals surface area contributed by atoms with Gasteiger partial charge in [0.15, 0.2) is 13.1 Å². The number of nitrogens with one attached hydrogen (secondary N) is 2. The van der Waals surface area contributed by atoms with Gasteiger partial charge in [0, 0.05) is 44.1 Å². The van der Waals surface area contributed by atoms with Gasteiger partial charge in [-0.3, -0.25) is 9.59 Å². The molecule has 0 saturated carbocycles. The predicted molar refractivity (Wildman–Crippen MR) is 123 cm³/mol. The first-order chi connectivity index (χ1) is 14.2. The van der Waals surface area contributed by atoms with Crippen molar-refractivity contribution in [3.05, 3.63) is 58.6 Å². The molecule has 0 radical (unpaired) electrons. The van der Waals surface area contributed by atoms with Crippen molar-refractivity contribution in [3.8, 4) is 0 Å². The molecule has 2 rings (SSSR count). The van der Waals surface area contributed by atoms with Crippen molar-refractivity contribution in [2.24, 2.45) is 0 Å². The lowest BCUT2D eigenvalue weighted by molar-refractivity contribution is -0.882. The molecule has 0 spiro atoms. The second-order valence-electron chi connectivity index (χ2n) is 7.78. The van der Waals surface area contributed by atoms with Gasteiger partial charge >= 0.3 is 0 Å². The summed E-state index contributed by atoms with van der Waals surface area (Å²) in [6, 6.07) is 13.5. The molecule has 0 saturated heterocycles. The smallest absolute Gasteiger partial charge is 0.279 e. The van der Waals surface area contributed by atoms with E-state index in [4.69, 9.17) is 11.6 Å². The first kappa shape index (κ1) is 23.7. The largest absolute Gasteiger partial charge is 0.378 e. The Hall–Kier alpha value is -2.57. The number of nitrogens with zero attached hydrogens (tertiary/aromatic N) is 2. The quantitative estimate of drug-likeness (QED) is 0.640. The highest BCUT2D eigenvalue weighted by atomic mass is 35.5. The fraction of sp³-hybridized carbons (Fsp3) is 0.391. The summed E-state index contributed by atoms with van der Waals surface area (Å²) >= 11 is 6.02. The van der Waals surface area contributed by atoms with Crippen LogP contribution in [0.3, 0.4) is 0 Å². The molecule has 1 atom stereocenters. The second kappa shape index (κ2) is 11.0.